The third-order valence-electron chi connectivity index (χ3n) is 0.955. The Hall–Kier alpha value is -0.770. The molecule has 1 nitrogen and oxygen atoms in total. The van der Waals surface area contributed by atoms with E-state index < -0.39 is 0 Å². The van der Waals surface area contributed by atoms with Gasteiger partial charge in [-0.05, 0) is 13.3 Å². The van der Waals surface area contributed by atoms with Crippen molar-refractivity contribution in [3.8, 4) is 6.07 Å². The second-order valence-corrected chi connectivity index (χ2v) is 1.87. The van der Waals surface area contributed by atoms with Crippen LogP contribution in [0.15, 0.2) is 11.6 Å². The highest BCUT2D eigenvalue weighted by Gasteiger charge is 1.82. The van der Waals surface area contributed by atoms with Gasteiger partial charge in [-0.2, -0.15) is 5.26 Å². The smallest absolute Gasteiger partial charge is 0.0911 e. The highest BCUT2D eigenvalue weighted by Crippen LogP contribution is 2.00. The van der Waals surface area contributed by atoms with Gasteiger partial charge in [0, 0.05) is 6.08 Å². The van der Waals surface area contributed by atoms with Gasteiger partial charge in [-0.3, -0.25) is 0 Å². The first-order valence-corrected chi connectivity index (χ1v) is 2.86. The van der Waals surface area contributed by atoms with Crippen LogP contribution in [0.2, 0.25) is 0 Å². The number of nitrogens with zero attached hydrogens (tertiary/aromatic N) is 1. The van der Waals surface area contributed by atoms with Gasteiger partial charge in [0.15, 0.2) is 0 Å². The van der Waals surface area contributed by atoms with E-state index in [0.717, 1.165) is 12.8 Å². The first-order chi connectivity index (χ1) is 3.81. The van der Waals surface area contributed by atoms with Gasteiger partial charge in [-0.15, -0.1) is 0 Å². The van der Waals surface area contributed by atoms with E-state index in [9.17, 15) is 0 Å². The van der Waals surface area contributed by atoms with E-state index >= 15 is 0 Å². The van der Waals surface area contributed by atoms with Gasteiger partial charge in [-0.1, -0.05) is 18.9 Å². The Morgan fingerprint density at radius 3 is 2.75 bits per heavy atom. The van der Waals surface area contributed by atoms with Crippen LogP contribution in [-0.2, 0) is 0 Å². The van der Waals surface area contributed by atoms with Crippen LogP contribution in [0.25, 0.3) is 0 Å². The predicted molar refractivity (Wildman–Crippen MR) is 34.3 cm³/mol. The van der Waals surface area contributed by atoms with Gasteiger partial charge in [0.05, 0.1) is 6.07 Å². The lowest BCUT2D eigenvalue weighted by atomic mass is 10.2. The molecule has 0 aliphatic heterocycles. The molecule has 0 fully saturated rings. The third kappa shape index (κ3) is 3.42. The summed E-state index contributed by atoms with van der Waals surface area (Å²) in [6.07, 6.45) is 3.78. The second kappa shape index (κ2) is 4.39. The van der Waals surface area contributed by atoms with Crippen molar-refractivity contribution in [2.75, 3.05) is 0 Å². The van der Waals surface area contributed by atoms with E-state index in [1.54, 1.807) is 6.08 Å². The summed E-state index contributed by atoms with van der Waals surface area (Å²) in [5, 5.41) is 8.14. The maximum absolute atomic E-state index is 8.14. The van der Waals surface area contributed by atoms with Crippen LogP contribution in [0, 0.1) is 11.3 Å². The lowest BCUT2D eigenvalue weighted by molar-refractivity contribution is 0.906. The molecule has 44 valence electrons. The molecule has 0 atom stereocenters. The topological polar surface area (TPSA) is 23.8 Å². The first-order valence-electron chi connectivity index (χ1n) is 2.86. The molecule has 0 amide bonds. The SMILES string of the molecule is CCCC(C)=CC#N. The predicted octanol–water partition coefficient (Wildman–Crippen LogP) is 2.26. The van der Waals surface area contributed by atoms with Crippen LogP contribution < -0.4 is 0 Å². The summed E-state index contributed by atoms with van der Waals surface area (Å²) in [6, 6.07) is 1.99. The fourth-order valence-corrected chi connectivity index (χ4v) is 0.577. The third-order valence-corrected chi connectivity index (χ3v) is 0.955. The molecule has 0 heterocycles. The zero-order valence-corrected chi connectivity index (χ0v) is 5.44. The van der Waals surface area contributed by atoms with Gasteiger partial charge in [0.2, 0.25) is 0 Å². The van der Waals surface area contributed by atoms with Crippen molar-refractivity contribution in [1.29, 1.82) is 5.26 Å². The Bertz CT molecular complexity index is 117. The largest absolute Gasteiger partial charge is 0.193 e. The van der Waals surface area contributed by atoms with Gasteiger partial charge < -0.3 is 0 Å². The van der Waals surface area contributed by atoms with E-state index in [1.165, 1.54) is 5.57 Å². The summed E-state index contributed by atoms with van der Waals surface area (Å²) in [5.41, 5.74) is 1.18. The Labute approximate surface area is 50.6 Å². The molecule has 0 radical (unpaired) electrons. The first kappa shape index (κ1) is 7.23. The summed E-state index contributed by atoms with van der Waals surface area (Å²) in [7, 11) is 0. The molecule has 0 saturated heterocycles. The van der Waals surface area contributed by atoms with Gasteiger partial charge in [0.1, 0.15) is 0 Å². The molecule has 0 unspecified atom stereocenters. The molecule has 0 bridgehead atoms. The van der Waals surface area contributed by atoms with Crippen molar-refractivity contribution in [3.05, 3.63) is 11.6 Å². The molecule has 8 heavy (non-hydrogen) atoms. The fraction of sp³-hybridized carbons (Fsp3) is 0.571. The van der Waals surface area contributed by atoms with Crippen molar-refractivity contribution in [2.24, 2.45) is 0 Å². The number of hydrogen-bond acceptors (Lipinski definition) is 1. The maximum atomic E-state index is 8.14. The maximum Gasteiger partial charge on any atom is 0.0911 e. The monoisotopic (exact) mass is 109 g/mol. The minimum Gasteiger partial charge on any atom is -0.193 e. The second-order valence-electron chi connectivity index (χ2n) is 1.87. The summed E-state index contributed by atoms with van der Waals surface area (Å²) >= 11 is 0. The highest BCUT2D eigenvalue weighted by atomic mass is 14.2. The van der Waals surface area contributed by atoms with Crippen molar-refractivity contribution < 1.29 is 0 Å². The Morgan fingerprint density at radius 1 is 1.75 bits per heavy atom. The van der Waals surface area contributed by atoms with Crippen molar-refractivity contribution >= 4 is 0 Å². The lowest BCUT2D eigenvalue weighted by Gasteiger charge is -1.89. The average molecular weight is 109 g/mol. The van der Waals surface area contributed by atoms with E-state index in [1.807, 2.05) is 13.0 Å². The van der Waals surface area contributed by atoms with Gasteiger partial charge in [0.25, 0.3) is 0 Å². The molecule has 0 saturated carbocycles. The summed E-state index contributed by atoms with van der Waals surface area (Å²) in [5.74, 6) is 0. The molecule has 0 aromatic carbocycles. The van der Waals surface area contributed by atoms with Crippen LogP contribution in [0.1, 0.15) is 26.7 Å². The van der Waals surface area contributed by atoms with Crippen molar-refractivity contribution in [1.82, 2.24) is 0 Å². The molecule has 0 rings (SSSR count). The van der Waals surface area contributed by atoms with Gasteiger partial charge in [-0.25, -0.2) is 0 Å². The molecular formula is C7H11N. The van der Waals surface area contributed by atoms with Crippen molar-refractivity contribution in [2.45, 2.75) is 26.7 Å². The standard InChI is InChI=1S/C7H11N/c1-3-4-7(2)5-6-8/h5H,3-4H2,1-2H3. The zero-order chi connectivity index (χ0) is 6.41. The Morgan fingerprint density at radius 2 is 2.38 bits per heavy atom. The van der Waals surface area contributed by atoms with E-state index in [-0.39, 0.29) is 0 Å². The molecule has 1 heteroatoms. The van der Waals surface area contributed by atoms with Crippen LogP contribution >= 0.6 is 0 Å². The highest BCUT2D eigenvalue weighted by molar-refractivity contribution is 5.10. The number of rotatable bonds is 2. The molecule has 0 spiro atoms. The number of hydrogen-bond donors (Lipinski definition) is 0. The van der Waals surface area contributed by atoms with E-state index in [4.69, 9.17) is 5.26 Å². The van der Waals surface area contributed by atoms with Crippen molar-refractivity contribution in [3.63, 3.8) is 0 Å². The number of nitriles is 1. The molecule has 0 aromatic rings. The van der Waals surface area contributed by atoms with E-state index in [0.29, 0.717) is 0 Å². The summed E-state index contributed by atoms with van der Waals surface area (Å²) in [4.78, 5) is 0. The molecular weight excluding hydrogens is 98.1 g/mol. The van der Waals surface area contributed by atoms with Crippen LogP contribution in [0.4, 0.5) is 0 Å². The van der Waals surface area contributed by atoms with Gasteiger partial charge >= 0.3 is 0 Å². The van der Waals surface area contributed by atoms with Crippen LogP contribution in [-0.4, -0.2) is 0 Å². The molecule has 0 aliphatic rings. The lowest BCUT2D eigenvalue weighted by Crippen LogP contribution is -1.71. The van der Waals surface area contributed by atoms with E-state index in [2.05, 4.69) is 6.92 Å². The Balaban J connectivity index is 3.49. The summed E-state index contributed by atoms with van der Waals surface area (Å²) < 4.78 is 0. The quantitative estimate of drug-likeness (QED) is 0.499. The molecule has 0 aliphatic carbocycles. The minimum atomic E-state index is 1.05. The zero-order valence-electron chi connectivity index (χ0n) is 5.44. The fourth-order valence-electron chi connectivity index (χ4n) is 0.577. The minimum absolute atomic E-state index is 1.05. The summed E-state index contributed by atoms with van der Waals surface area (Å²) in [6.45, 7) is 4.08. The Kier molecular flexibility index (Phi) is 3.97. The normalized spacial score (nSPS) is 10.9. The molecule has 0 aromatic heterocycles. The van der Waals surface area contributed by atoms with Crippen LogP contribution in [0.5, 0.6) is 0 Å². The average Bonchev–Trinajstić information content (AvgIpc) is 1.68. The van der Waals surface area contributed by atoms with Crippen LogP contribution in [0.3, 0.4) is 0 Å². The molecule has 0 N–H and O–H groups in total. The number of allylic oxidation sites excluding steroid dienone is 2.